The Labute approximate surface area is 305 Å². The second-order valence-corrected chi connectivity index (χ2v) is 19.6. The van der Waals surface area contributed by atoms with Gasteiger partial charge in [-0.3, -0.25) is 4.79 Å². The van der Waals surface area contributed by atoms with E-state index in [0.717, 1.165) is 41.3 Å². The standard InChI is InChI=1S/C41H49NO7S2/c1-37-15-12-28(43)22-39(37)18-19-41(30(23-39)36(44)33-20-26-8-6-7-9-32(26)50-33)34(37)13-16-38(2)35(41)14-17-40(38,45)25-42(51(5,46)47)24-27-10-11-29(48-3)21-31(27)49-4/h6-11,18-21,23,28,34-35,43,45H,12-17,22,24-25H2,1-5H3/t28?,34-,35-,37-,38+,39+,40-,41-/m1/s1. The fourth-order valence-electron chi connectivity index (χ4n) is 11.6. The third-order valence-corrected chi connectivity index (χ3v) is 16.7. The second-order valence-electron chi connectivity index (χ2n) is 16.5. The van der Waals surface area contributed by atoms with Crippen molar-refractivity contribution in [3.8, 4) is 11.5 Å². The van der Waals surface area contributed by atoms with Crippen LogP contribution in [0.5, 0.6) is 11.5 Å². The van der Waals surface area contributed by atoms with Crippen LogP contribution >= 0.6 is 11.3 Å². The number of benzene rings is 2. The molecule has 2 N–H and O–H groups in total. The smallest absolute Gasteiger partial charge is 0.211 e. The molecule has 0 radical (unpaired) electrons. The van der Waals surface area contributed by atoms with Gasteiger partial charge in [-0.25, -0.2) is 8.42 Å². The maximum atomic E-state index is 15.0. The lowest BCUT2D eigenvalue weighted by molar-refractivity contribution is -0.173. The molecule has 2 bridgehead atoms. The van der Waals surface area contributed by atoms with Gasteiger partial charge >= 0.3 is 0 Å². The van der Waals surface area contributed by atoms with Gasteiger partial charge in [0, 0.05) is 51.2 Å². The van der Waals surface area contributed by atoms with Gasteiger partial charge in [-0.05, 0) is 85.8 Å². The molecule has 2 aromatic carbocycles. The summed E-state index contributed by atoms with van der Waals surface area (Å²) < 4.78 is 40.4. The van der Waals surface area contributed by atoms with Crippen molar-refractivity contribution >= 4 is 37.2 Å². The van der Waals surface area contributed by atoms with Crippen molar-refractivity contribution in [2.75, 3.05) is 27.0 Å². The highest BCUT2D eigenvalue weighted by Crippen LogP contribution is 2.78. The minimum absolute atomic E-state index is 0.0380. The van der Waals surface area contributed by atoms with Gasteiger partial charge in [0.2, 0.25) is 10.0 Å². The SMILES string of the molecule is COc1ccc(CN(C[C@]2(O)CC[C@H]3[C@]45C=C[C@@]6(C=C4C(=O)c4cc7ccccc7s4)CC(O)CC[C@]6(C)[C@H]5CC[C@@]32C)S(C)(=O)=O)c(OC)c1. The zero-order chi connectivity index (χ0) is 36.2. The Bertz CT molecular complexity index is 2060. The van der Waals surface area contributed by atoms with E-state index in [1.807, 2.05) is 30.3 Å². The number of rotatable bonds is 9. The summed E-state index contributed by atoms with van der Waals surface area (Å²) in [6, 6.07) is 15.4. The van der Waals surface area contributed by atoms with Gasteiger partial charge < -0.3 is 19.7 Å². The van der Waals surface area contributed by atoms with Crippen molar-refractivity contribution < 1.29 is 32.9 Å². The van der Waals surface area contributed by atoms with Crippen LogP contribution in [0.15, 0.2) is 72.3 Å². The molecule has 6 aliphatic carbocycles. The molecule has 3 aromatic rings. The first-order valence-corrected chi connectivity index (χ1v) is 20.8. The normalized spacial score (nSPS) is 36.8. The number of carbonyl (C=O) groups excluding carboxylic acids is 1. The quantitative estimate of drug-likeness (QED) is 0.178. The van der Waals surface area contributed by atoms with Gasteiger partial charge in [-0.2, -0.15) is 4.31 Å². The van der Waals surface area contributed by atoms with E-state index in [1.54, 1.807) is 26.4 Å². The molecule has 1 aromatic heterocycles. The van der Waals surface area contributed by atoms with E-state index in [-0.39, 0.29) is 36.1 Å². The molecule has 0 saturated heterocycles. The number of allylic oxidation sites excluding steroid dienone is 4. The van der Waals surface area contributed by atoms with Gasteiger partial charge in [0.05, 0.1) is 37.1 Å². The number of sulfonamides is 1. The molecule has 10 heteroatoms. The molecule has 3 saturated carbocycles. The number of hydrogen-bond acceptors (Lipinski definition) is 8. The highest BCUT2D eigenvalue weighted by molar-refractivity contribution is 7.88. The molecular formula is C41H49NO7S2. The summed E-state index contributed by atoms with van der Waals surface area (Å²) in [5, 5.41) is 25.0. The maximum absolute atomic E-state index is 15.0. The van der Waals surface area contributed by atoms with Gasteiger partial charge in [0.15, 0.2) is 5.78 Å². The molecule has 8 nitrogen and oxygen atoms in total. The highest BCUT2D eigenvalue weighted by atomic mass is 32.2. The van der Waals surface area contributed by atoms with Gasteiger partial charge in [0.25, 0.3) is 0 Å². The Hall–Kier alpha value is -3.02. The Morgan fingerprint density at radius 1 is 0.961 bits per heavy atom. The van der Waals surface area contributed by atoms with Crippen molar-refractivity contribution in [1.82, 2.24) is 4.31 Å². The maximum Gasteiger partial charge on any atom is 0.211 e. The zero-order valence-corrected chi connectivity index (χ0v) is 31.8. The number of hydrogen-bond donors (Lipinski definition) is 2. The van der Waals surface area contributed by atoms with Crippen LogP contribution in [-0.4, -0.2) is 67.4 Å². The molecule has 9 rings (SSSR count). The largest absolute Gasteiger partial charge is 0.497 e. The van der Waals surface area contributed by atoms with Crippen molar-refractivity contribution in [3.63, 3.8) is 0 Å². The van der Waals surface area contributed by atoms with Crippen LogP contribution in [0.1, 0.15) is 74.0 Å². The average Bonchev–Trinajstić information content (AvgIpc) is 3.65. The Balaban J connectivity index is 1.21. The number of fused-ring (bicyclic) bond motifs is 2. The van der Waals surface area contributed by atoms with Crippen LogP contribution in [0.25, 0.3) is 10.1 Å². The van der Waals surface area contributed by atoms with Crippen molar-refractivity contribution in [2.45, 2.75) is 77.0 Å². The Morgan fingerprint density at radius 3 is 2.41 bits per heavy atom. The number of aliphatic hydroxyl groups is 2. The molecule has 1 unspecified atom stereocenters. The number of Topliss-reactive ketones (excluding diaryl/α,β-unsaturated/α-hetero) is 1. The number of ketones is 1. The second kappa shape index (κ2) is 11.7. The summed E-state index contributed by atoms with van der Waals surface area (Å²) in [4.78, 5) is 15.7. The van der Waals surface area contributed by atoms with E-state index in [4.69, 9.17) is 9.47 Å². The predicted octanol–water partition coefficient (Wildman–Crippen LogP) is 7.15. The summed E-state index contributed by atoms with van der Waals surface area (Å²) >= 11 is 1.53. The molecule has 0 amide bonds. The fraction of sp³-hybridized carbons (Fsp3) is 0.537. The van der Waals surface area contributed by atoms with E-state index >= 15 is 4.79 Å². The lowest BCUT2D eigenvalue weighted by Gasteiger charge is -2.71. The zero-order valence-electron chi connectivity index (χ0n) is 30.1. The Kier molecular flexibility index (Phi) is 8.06. The fourth-order valence-corrected chi connectivity index (χ4v) is 13.4. The van der Waals surface area contributed by atoms with Crippen LogP contribution in [-0.2, 0) is 16.6 Å². The molecule has 6 aliphatic rings. The first-order chi connectivity index (χ1) is 24.1. The number of nitrogens with zero attached hydrogens (tertiary/aromatic N) is 1. The number of thiophene rings is 1. The highest BCUT2D eigenvalue weighted by Gasteiger charge is 2.74. The number of ether oxygens (including phenoxy) is 2. The third kappa shape index (κ3) is 4.92. The number of carbonyl (C=O) groups is 1. The van der Waals surface area contributed by atoms with Crippen molar-refractivity contribution in [1.29, 1.82) is 0 Å². The lowest BCUT2D eigenvalue weighted by Crippen LogP contribution is -2.67. The van der Waals surface area contributed by atoms with Crippen molar-refractivity contribution in [2.24, 2.45) is 33.5 Å². The molecular weight excluding hydrogens is 683 g/mol. The summed E-state index contributed by atoms with van der Waals surface area (Å²) in [6.45, 7) is 4.50. The topological polar surface area (TPSA) is 113 Å². The van der Waals surface area contributed by atoms with Crippen LogP contribution < -0.4 is 9.47 Å². The molecule has 3 fully saturated rings. The van der Waals surface area contributed by atoms with Crippen LogP contribution in [0, 0.1) is 33.5 Å². The summed E-state index contributed by atoms with van der Waals surface area (Å²) in [6.07, 6.45) is 12.4. The van der Waals surface area contributed by atoms with Crippen molar-refractivity contribution in [3.05, 3.63) is 82.8 Å². The van der Waals surface area contributed by atoms with E-state index < -0.39 is 38.0 Å². The molecule has 272 valence electrons. The van der Waals surface area contributed by atoms with E-state index in [0.29, 0.717) is 41.2 Å². The summed E-state index contributed by atoms with van der Waals surface area (Å²) in [5.41, 5.74) is -1.74. The van der Waals surface area contributed by atoms with Gasteiger partial charge in [-0.15, -0.1) is 11.3 Å². The molecule has 8 atom stereocenters. The molecule has 51 heavy (non-hydrogen) atoms. The average molecular weight is 732 g/mol. The Morgan fingerprint density at radius 2 is 1.69 bits per heavy atom. The van der Waals surface area contributed by atoms with Gasteiger partial charge in [-0.1, -0.05) is 56.3 Å². The minimum Gasteiger partial charge on any atom is -0.497 e. The van der Waals surface area contributed by atoms with Crippen LogP contribution in [0.4, 0.5) is 0 Å². The number of methoxy groups -OCH3 is 2. The summed E-state index contributed by atoms with van der Waals surface area (Å²) in [5.74, 6) is 1.22. The van der Waals surface area contributed by atoms with E-state index in [2.05, 4.69) is 38.1 Å². The molecule has 0 aliphatic heterocycles. The third-order valence-electron chi connectivity index (χ3n) is 14.4. The first kappa shape index (κ1) is 35.0. The molecule has 2 spiro atoms. The summed E-state index contributed by atoms with van der Waals surface area (Å²) in [7, 11) is -0.632. The van der Waals surface area contributed by atoms with E-state index in [1.165, 1.54) is 21.9 Å². The minimum atomic E-state index is -3.75. The van der Waals surface area contributed by atoms with E-state index in [9.17, 15) is 18.6 Å². The lowest BCUT2D eigenvalue weighted by atomic mass is 9.32. The predicted molar refractivity (Wildman–Crippen MR) is 200 cm³/mol. The van der Waals surface area contributed by atoms with Crippen LogP contribution in [0.3, 0.4) is 0 Å². The van der Waals surface area contributed by atoms with Gasteiger partial charge in [0.1, 0.15) is 11.5 Å². The first-order valence-electron chi connectivity index (χ1n) is 18.2. The monoisotopic (exact) mass is 731 g/mol. The molecule has 1 heterocycles. The van der Waals surface area contributed by atoms with Crippen LogP contribution in [0.2, 0.25) is 0 Å². The number of aliphatic hydroxyl groups excluding tert-OH is 1.